The van der Waals surface area contributed by atoms with Gasteiger partial charge in [-0.15, -0.1) is 11.3 Å². The van der Waals surface area contributed by atoms with E-state index in [1.807, 2.05) is 6.92 Å². The van der Waals surface area contributed by atoms with Gasteiger partial charge in [0, 0.05) is 0 Å². The number of carboxylic acids is 1. The summed E-state index contributed by atoms with van der Waals surface area (Å²) < 4.78 is 25.0. The van der Waals surface area contributed by atoms with Crippen molar-refractivity contribution in [1.29, 1.82) is 0 Å². The van der Waals surface area contributed by atoms with E-state index in [2.05, 4.69) is 5.32 Å². The summed E-state index contributed by atoms with van der Waals surface area (Å²) in [6, 6.07) is 9.68. The number of nitrogens with one attached hydrogen (secondary N) is 1. The summed E-state index contributed by atoms with van der Waals surface area (Å²) in [4.78, 5) is 23.6. The van der Waals surface area contributed by atoms with Gasteiger partial charge >= 0.3 is 5.97 Å². The number of thiophene rings is 1. The maximum Gasteiger partial charge on any atom is 0.326 e. The monoisotopic (exact) mass is 367 g/mol. The second kappa shape index (κ2) is 7.59. The molecule has 1 amide bonds. The molecule has 2 N–H and O–H groups in total. The zero-order valence-electron chi connectivity index (χ0n) is 12.9. The minimum Gasteiger partial charge on any atom is -0.480 e. The molecule has 0 fully saturated rings. The van der Waals surface area contributed by atoms with Crippen LogP contribution in [0.4, 0.5) is 0 Å². The zero-order valence-corrected chi connectivity index (χ0v) is 14.6. The van der Waals surface area contributed by atoms with Gasteiger partial charge in [-0.05, 0) is 30.7 Å². The molecule has 1 unspecified atom stereocenters. The fraction of sp³-hybridized carbons (Fsp3) is 0.250. The molecule has 6 nitrogen and oxygen atoms in total. The number of aliphatic carboxylic acids is 1. The Hall–Kier alpha value is -2.19. The molecule has 128 valence electrons. The van der Waals surface area contributed by atoms with Crippen molar-refractivity contribution in [1.82, 2.24) is 5.32 Å². The summed E-state index contributed by atoms with van der Waals surface area (Å²) in [5.41, 5.74) is 0. The Morgan fingerprint density at radius 1 is 1.17 bits per heavy atom. The number of carbonyl (C=O) groups is 2. The Bertz CT molecular complexity index is 827. The van der Waals surface area contributed by atoms with Crippen LogP contribution in [0.1, 0.15) is 29.4 Å². The largest absolute Gasteiger partial charge is 0.480 e. The summed E-state index contributed by atoms with van der Waals surface area (Å²) in [7, 11) is -3.68. The van der Waals surface area contributed by atoms with Crippen LogP contribution in [-0.4, -0.2) is 31.4 Å². The fourth-order valence-corrected chi connectivity index (χ4v) is 4.71. The van der Waals surface area contributed by atoms with Crippen molar-refractivity contribution in [3.8, 4) is 0 Å². The number of rotatable bonds is 7. The van der Waals surface area contributed by atoms with E-state index in [0.717, 1.165) is 11.3 Å². The standard InChI is InChI=1S/C16H17NO5S2/c1-2-6-12(16(19)20)17-15(18)13-9-10-14(23-13)24(21,22)11-7-4-3-5-8-11/h3-5,7-10,12H,2,6H2,1H3,(H,17,18)(H,19,20). The Balaban J connectivity index is 2.21. The zero-order chi connectivity index (χ0) is 17.7. The summed E-state index contributed by atoms with van der Waals surface area (Å²) in [5.74, 6) is -1.70. The molecule has 0 saturated heterocycles. The maximum atomic E-state index is 12.5. The van der Waals surface area contributed by atoms with Crippen LogP contribution in [0.5, 0.6) is 0 Å². The van der Waals surface area contributed by atoms with Crippen molar-refractivity contribution in [2.75, 3.05) is 0 Å². The molecule has 1 aromatic carbocycles. The van der Waals surface area contributed by atoms with Gasteiger partial charge in [-0.2, -0.15) is 0 Å². The quantitative estimate of drug-likeness (QED) is 0.783. The second-order valence-electron chi connectivity index (χ2n) is 5.09. The summed E-state index contributed by atoms with van der Waals surface area (Å²) in [6.07, 6.45) is 0.914. The average molecular weight is 367 g/mol. The van der Waals surface area contributed by atoms with Crippen LogP contribution in [0.15, 0.2) is 51.6 Å². The minimum absolute atomic E-state index is 0.0428. The second-order valence-corrected chi connectivity index (χ2v) is 8.35. The normalized spacial score (nSPS) is 12.5. The van der Waals surface area contributed by atoms with Crippen molar-refractivity contribution >= 4 is 33.1 Å². The van der Waals surface area contributed by atoms with E-state index in [1.165, 1.54) is 24.3 Å². The van der Waals surface area contributed by atoms with Crippen LogP contribution in [0.25, 0.3) is 0 Å². The number of hydrogen-bond acceptors (Lipinski definition) is 5. The third-order valence-corrected chi connectivity index (χ3v) is 6.65. The van der Waals surface area contributed by atoms with E-state index in [1.54, 1.807) is 18.2 Å². The van der Waals surface area contributed by atoms with Crippen molar-refractivity contribution in [2.24, 2.45) is 0 Å². The predicted octanol–water partition coefficient (Wildman–Crippen LogP) is 2.56. The fourth-order valence-electron chi connectivity index (χ4n) is 2.08. The van der Waals surface area contributed by atoms with Gasteiger partial charge in [0.05, 0.1) is 9.77 Å². The number of amides is 1. The van der Waals surface area contributed by atoms with E-state index in [0.29, 0.717) is 12.8 Å². The molecule has 2 aromatic rings. The first-order chi connectivity index (χ1) is 11.4. The smallest absolute Gasteiger partial charge is 0.326 e. The van der Waals surface area contributed by atoms with Crippen molar-refractivity contribution in [3.05, 3.63) is 47.3 Å². The number of carbonyl (C=O) groups excluding carboxylic acids is 1. The lowest BCUT2D eigenvalue weighted by Crippen LogP contribution is -2.40. The molecule has 24 heavy (non-hydrogen) atoms. The highest BCUT2D eigenvalue weighted by atomic mass is 32.2. The molecule has 1 heterocycles. The lowest BCUT2D eigenvalue weighted by Gasteiger charge is -2.12. The Morgan fingerprint density at radius 2 is 1.83 bits per heavy atom. The number of carboxylic acid groups (broad SMARTS) is 1. The van der Waals surface area contributed by atoms with Gasteiger partial charge in [-0.3, -0.25) is 4.79 Å². The molecule has 0 spiro atoms. The maximum absolute atomic E-state index is 12.5. The van der Waals surface area contributed by atoms with Crippen molar-refractivity contribution < 1.29 is 23.1 Å². The van der Waals surface area contributed by atoms with Gasteiger partial charge < -0.3 is 10.4 Å². The third-order valence-electron chi connectivity index (χ3n) is 3.30. The molecule has 0 saturated carbocycles. The van der Waals surface area contributed by atoms with Crippen LogP contribution < -0.4 is 5.32 Å². The Kier molecular flexibility index (Phi) is 5.74. The molecule has 1 atom stereocenters. The summed E-state index contributed by atoms with van der Waals surface area (Å²) in [5, 5.41) is 11.5. The van der Waals surface area contributed by atoms with Crippen molar-refractivity contribution in [3.63, 3.8) is 0 Å². The molecule has 0 aliphatic rings. The van der Waals surface area contributed by atoms with Gasteiger partial charge in [0.1, 0.15) is 10.3 Å². The third kappa shape index (κ3) is 4.01. The van der Waals surface area contributed by atoms with Gasteiger partial charge in [0.25, 0.3) is 5.91 Å². The van der Waals surface area contributed by atoms with Gasteiger partial charge in [-0.1, -0.05) is 31.5 Å². The van der Waals surface area contributed by atoms with Crippen molar-refractivity contribution in [2.45, 2.75) is 34.9 Å². The number of sulfone groups is 1. The first-order valence-electron chi connectivity index (χ1n) is 7.30. The summed E-state index contributed by atoms with van der Waals surface area (Å²) in [6.45, 7) is 1.82. The molecule has 0 aliphatic carbocycles. The van der Waals surface area contributed by atoms with E-state index in [-0.39, 0.29) is 14.0 Å². The highest BCUT2D eigenvalue weighted by Crippen LogP contribution is 2.27. The molecule has 0 aliphatic heterocycles. The number of hydrogen-bond donors (Lipinski definition) is 2. The van der Waals surface area contributed by atoms with Crippen LogP contribution in [0.3, 0.4) is 0 Å². The van der Waals surface area contributed by atoms with E-state index < -0.39 is 27.8 Å². The Labute approximate surface area is 144 Å². The summed E-state index contributed by atoms with van der Waals surface area (Å²) >= 11 is 0.822. The van der Waals surface area contributed by atoms with E-state index >= 15 is 0 Å². The molecule has 0 bridgehead atoms. The lowest BCUT2D eigenvalue weighted by atomic mass is 10.1. The first-order valence-corrected chi connectivity index (χ1v) is 9.60. The number of benzene rings is 1. The van der Waals surface area contributed by atoms with Gasteiger partial charge in [-0.25, -0.2) is 13.2 Å². The SMILES string of the molecule is CCCC(NC(=O)c1ccc(S(=O)(=O)c2ccccc2)s1)C(=O)O. The molecule has 1 aromatic heterocycles. The minimum atomic E-state index is -3.68. The van der Waals surface area contributed by atoms with Gasteiger partial charge in [0.2, 0.25) is 9.84 Å². The topological polar surface area (TPSA) is 101 Å². The highest BCUT2D eigenvalue weighted by Gasteiger charge is 2.24. The first kappa shape index (κ1) is 18.2. The average Bonchev–Trinajstić information content (AvgIpc) is 3.06. The molecule has 2 rings (SSSR count). The lowest BCUT2D eigenvalue weighted by molar-refractivity contribution is -0.139. The van der Waals surface area contributed by atoms with Crippen LogP contribution >= 0.6 is 11.3 Å². The van der Waals surface area contributed by atoms with Gasteiger partial charge in [0.15, 0.2) is 0 Å². The molecular formula is C16H17NO5S2. The molecule has 0 radical (unpaired) electrons. The van der Waals surface area contributed by atoms with Crippen LogP contribution in [-0.2, 0) is 14.6 Å². The highest BCUT2D eigenvalue weighted by molar-refractivity contribution is 7.93. The molecular weight excluding hydrogens is 350 g/mol. The Morgan fingerprint density at radius 3 is 2.42 bits per heavy atom. The molecule has 8 heteroatoms. The van der Waals surface area contributed by atoms with Crippen LogP contribution in [0, 0.1) is 0 Å². The van der Waals surface area contributed by atoms with Crippen LogP contribution in [0.2, 0.25) is 0 Å². The predicted molar refractivity (Wildman–Crippen MR) is 90.0 cm³/mol. The van der Waals surface area contributed by atoms with E-state index in [4.69, 9.17) is 5.11 Å². The van der Waals surface area contributed by atoms with E-state index in [9.17, 15) is 18.0 Å².